The molecule has 166 valence electrons. The number of carbonyl (C=O) groups is 6. The van der Waals surface area contributed by atoms with Gasteiger partial charge in [-0.3, -0.25) is 14.4 Å². The maximum atomic E-state index is 12.9. The van der Waals surface area contributed by atoms with Crippen molar-refractivity contribution in [3.05, 3.63) is 29.3 Å². The van der Waals surface area contributed by atoms with E-state index in [2.05, 4.69) is 14.8 Å². The van der Waals surface area contributed by atoms with E-state index in [9.17, 15) is 33.9 Å². The lowest BCUT2D eigenvalue weighted by Crippen LogP contribution is -2.42. The Hall–Kier alpha value is -3.41. The molecule has 1 saturated heterocycles. The molecule has 2 unspecified atom stereocenters. The summed E-state index contributed by atoms with van der Waals surface area (Å²) in [4.78, 5) is 72.7. The molecule has 3 amide bonds. The molecule has 1 aliphatic rings. The third-order valence-electron chi connectivity index (χ3n) is 4.31. The maximum absolute atomic E-state index is 12.9. The summed E-state index contributed by atoms with van der Waals surface area (Å²) in [5.41, 5.74) is -0.230. The Morgan fingerprint density at radius 1 is 1.19 bits per heavy atom. The van der Waals surface area contributed by atoms with Gasteiger partial charge in [-0.05, 0) is 18.2 Å². The number of hydrogen-bond acceptors (Lipinski definition) is 9. The largest absolute Gasteiger partial charge is 0.480 e. The first kappa shape index (κ1) is 23.9. The monoisotopic (exact) mass is 452 g/mol. The molecule has 12 heteroatoms. The van der Waals surface area contributed by atoms with E-state index in [1.807, 2.05) is 0 Å². The van der Waals surface area contributed by atoms with Gasteiger partial charge in [0.2, 0.25) is 17.7 Å². The van der Waals surface area contributed by atoms with Gasteiger partial charge >= 0.3 is 17.9 Å². The average molecular weight is 452 g/mol. The van der Waals surface area contributed by atoms with E-state index >= 15 is 0 Å². The maximum Gasteiger partial charge on any atom is 0.339 e. The molecule has 11 nitrogen and oxygen atoms in total. The Bertz CT molecular complexity index is 946. The summed E-state index contributed by atoms with van der Waals surface area (Å²) in [6, 6.07) is 2.47. The zero-order chi connectivity index (χ0) is 23.3. The Morgan fingerprint density at radius 3 is 2.39 bits per heavy atom. The zero-order valence-corrected chi connectivity index (χ0v) is 17.7. The number of anilines is 1. The van der Waals surface area contributed by atoms with Crippen LogP contribution in [0.5, 0.6) is 0 Å². The minimum atomic E-state index is -1.28. The van der Waals surface area contributed by atoms with Crippen LogP contribution in [0, 0.1) is 0 Å². The van der Waals surface area contributed by atoms with Crippen molar-refractivity contribution in [2.75, 3.05) is 24.9 Å². The molecule has 1 heterocycles. The highest BCUT2D eigenvalue weighted by atomic mass is 32.2. The van der Waals surface area contributed by atoms with Crippen LogP contribution in [0.1, 0.15) is 34.1 Å². The van der Waals surface area contributed by atoms with E-state index in [0.717, 1.165) is 37.8 Å². The third kappa shape index (κ3) is 5.40. The highest BCUT2D eigenvalue weighted by molar-refractivity contribution is 8.00. The molecule has 2 atom stereocenters. The normalized spacial score (nSPS) is 16.6. The van der Waals surface area contributed by atoms with Crippen LogP contribution in [0.3, 0.4) is 0 Å². The Kier molecular flexibility index (Phi) is 7.75. The first-order chi connectivity index (χ1) is 14.6. The second kappa shape index (κ2) is 10.1. The SMILES string of the molecule is COC(=O)c1ccc(C(=O)OC)c(N2C(=O)CC(SCC(NC(C)=O)C(=O)O)C2=O)c1. The Labute approximate surface area is 181 Å². The molecule has 2 rings (SSSR count). The number of amides is 3. The fraction of sp³-hybridized carbons (Fsp3) is 0.368. The van der Waals surface area contributed by atoms with Gasteiger partial charge in [0.25, 0.3) is 0 Å². The summed E-state index contributed by atoms with van der Waals surface area (Å²) in [7, 11) is 2.28. The van der Waals surface area contributed by atoms with Crippen molar-refractivity contribution < 1.29 is 43.3 Å². The number of carboxylic acids is 1. The predicted octanol–water partition coefficient (Wildman–Crippen LogP) is 0.214. The molecule has 1 aromatic rings. The first-order valence-electron chi connectivity index (χ1n) is 8.89. The number of methoxy groups -OCH3 is 2. The van der Waals surface area contributed by atoms with Gasteiger partial charge in [0.05, 0.1) is 36.3 Å². The molecule has 0 aromatic heterocycles. The van der Waals surface area contributed by atoms with Crippen molar-refractivity contribution in [1.82, 2.24) is 5.32 Å². The van der Waals surface area contributed by atoms with Crippen LogP contribution in [-0.2, 0) is 28.7 Å². The van der Waals surface area contributed by atoms with Crippen LogP contribution in [-0.4, -0.2) is 72.0 Å². The number of nitrogens with one attached hydrogen (secondary N) is 1. The molecule has 0 aliphatic carbocycles. The van der Waals surface area contributed by atoms with E-state index in [4.69, 9.17) is 0 Å². The number of carboxylic acid groups (broad SMARTS) is 1. The lowest BCUT2D eigenvalue weighted by molar-refractivity contribution is -0.140. The molecular weight excluding hydrogens is 432 g/mol. The van der Waals surface area contributed by atoms with Gasteiger partial charge in [-0.1, -0.05) is 0 Å². The number of esters is 2. The van der Waals surface area contributed by atoms with Crippen LogP contribution in [0.2, 0.25) is 0 Å². The average Bonchev–Trinajstić information content (AvgIpc) is 3.01. The zero-order valence-electron chi connectivity index (χ0n) is 16.9. The van der Waals surface area contributed by atoms with Crippen LogP contribution >= 0.6 is 11.8 Å². The number of nitrogens with zero attached hydrogens (tertiary/aromatic N) is 1. The van der Waals surface area contributed by atoms with E-state index in [1.54, 1.807) is 0 Å². The molecular formula is C19H20N2O9S. The molecule has 1 fully saturated rings. The van der Waals surface area contributed by atoms with Crippen molar-refractivity contribution in [1.29, 1.82) is 0 Å². The van der Waals surface area contributed by atoms with Gasteiger partial charge in [-0.15, -0.1) is 11.8 Å². The van der Waals surface area contributed by atoms with Crippen molar-refractivity contribution >= 4 is 53.1 Å². The molecule has 0 radical (unpaired) electrons. The van der Waals surface area contributed by atoms with E-state index < -0.39 is 46.9 Å². The Balaban J connectivity index is 2.32. The number of carbonyl (C=O) groups excluding carboxylic acids is 5. The summed E-state index contributed by atoms with van der Waals surface area (Å²) in [5, 5.41) is 10.5. The van der Waals surface area contributed by atoms with E-state index in [-0.39, 0.29) is 29.0 Å². The minimum Gasteiger partial charge on any atom is -0.480 e. The smallest absolute Gasteiger partial charge is 0.339 e. The van der Waals surface area contributed by atoms with E-state index in [1.165, 1.54) is 18.2 Å². The summed E-state index contributed by atoms with van der Waals surface area (Å²) in [6.45, 7) is 1.16. The lowest BCUT2D eigenvalue weighted by Gasteiger charge is -2.19. The minimum absolute atomic E-state index is 0.0125. The number of ether oxygens (including phenoxy) is 2. The first-order valence-corrected chi connectivity index (χ1v) is 9.94. The number of benzene rings is 1. The van der Waals surface area contributed by atoms with Crippen LogP contribution < -0.4 is 10.2 Å². The molecule has 1 aliphatic heterocycles. The van der Waals surface area contributed by atoms with Gasteiger partial charge in [0.15, 0.2) is 0 Å². The fourth-order valence-corrected chi connectivity index (χ4v) is 4.02. The van der Waals surface area contributed by atoms with Crippen molar-refractivity contribution in [3.8, 4) is 0 Å². The molecule has 0 bridgehead atoms. The summed E-state index contributed by atoms with van der Waals surface area (Å²) in [6.07, 6.45) is -0.251. The van der Waals surface area contributed by atoms with Crippen molar-refractivity contribution in [3.63, 3.8) is 0 Å². The van der Waals surface area contributed by atoms with Crippen LogP contribution in [0.4, 0.5) is 5.69 Å². The second-order valence-electron chi connectivity index (χ2n) is 6.40. The third-order valence-corrected chi connectivity index (χ3v) is 5.61. The predicted molar refractivity (Wildman–Crippen MR) is 108 cm³/mol. The number of aliphatic carboxylic acids is 1. The standard InChI is InChI=1S/C19H20N2O9S/c1-9(22)20-12(17(25)26)8-31-14-7-15(23)21(16(14)24)13-6-10(18(27)29-2)4-5-11(13)19(28)30-3/h4-6,12,14H,7-8H2,1-3H3,(H,20,22)(H,25,26). The lowest BCUT2D eigenvalue weighted by atomic mass is 10.1. The number of imide groups is 1. The van der Waals surface area contributed by atoms with E-state index in [0.29, 0.717) is 0 Å². The number of hydrogen-bond donors (Lipinski definition) is 2. The van der Waals surface area contributed by atoms with Gasteiger partial charge in [-0.2, -0.15) is 0 Å². The molecule has 2 N–H and O–H groups in total. The molecule has 0 spiro atoms. The molecule has 0 saturated carbocycles. The van der Waals surface area contributed by atoms with Gasteiger partial charge in [-0.25, -0.2) is 19.3 Å². The van der Waals surface area contributed by atoms with Gasteiger partial charge in [0, 0.05) is 19.1 Å². The van der Waals surface area contributed by atoms with Crippen LogP contribution in [0.25, 0.3) is 0 Å². The second-order valence-corrected chi connectivity index (χ2v) is 7.64. The van der Waals surface area contributed by atoms with Crippen LogP contribution in [0.15, 0.2) is 18.2 Å². The molecule has 31 heavy (non-hydrogen) atoms. The summed E-state index contributed by atoms with van der Waals surface area (Å²) in [5.74, 6) is -4.86. The van der Waals surface area contributed by atoms with Gasteiger partial charge in [0.1, 0.15) is 6.04 Å². The molecule has 1 aromatic carbocycles. The summed E-state index contributed by atoms with van der Waals surface area (Å²) >= 11 is 0.892. The number of rotatable bonds is 8. The Morgan fingerprint density at radius 2 is 1.84 bits per heavy atom. The van der Waals surface area contributed by atoms with Crippen molar-refractivity contribution in [2.45, 2.75) is 24.6 Å². The highest BCUT2D eigenvalue weighted by Crippen LogP contribution is 2.33. The van der Waals surface area contributed by atoms with Crippen molar-refractivity contribution in [2.24, 2.45) is 0 Å². The van der Waals surface area contributed by atoms with Gasteiger partial charge < -0.3 is 19.9 Å². The topological polar surface area (TPSA) is 156 Å². The fourth-order valence-electron chi connectivity index (χ4n) is 2.86. The summed E-state index contributed by atoms with van der Waals surface area (Å²) < 4.78 is 9.32. The number of thioether (sulfide) groups is 1. The quantitative estimate of drug-likeness (QED) is 0.413. The highest BCUT2D eigenvalue weighted by Gasteiger charge is 2.42.